The second-order valence-electron chi connectivity index (χ2n) is 20.9. The first kappa shape index (κ1) is 80.1. The highest BCUT2D eigenvalue weighted by Gasteiger charge is 2.25. The fourth-order valence-corrected chi connectivity index (χ4v) is 7.63. The first-order valence-electron chi connectivity index (χ1n) is 28.6. The molecule has 0 heterocycles. The number of amides is 2. The van der Waals surface area contributed by atoms with Crippen molar-refractivity contribution in [3.8, 4) is 0 Å². The molecule has 6 atom stereocenters. The van der Waals surface area contributed by atoms with E-state index >= 15 is 0 Å². The second-order valence-corrected chi connectivity index (χ2v) is 20.9. The van der Waals surface area contributed by atoms with Crippen LogP contribution in [0.15, 0.2) is 30.2 Å². The fourth-order valence-electron chi connectivity index (χ4n) is 7.63. The zero-order chi connectivity index (χ0) is 63.9. The molecule has 26 nitrogen and oxygen atoms in total. The highest BCUT2D eigenvalue weighted by atomic mass is 16.6. The summed E-state index contributed by atoms with van der Waals surface area (Å²) in [5.41, 5.74) is 7.95. The number of hydrazone groups is 2. The third-order valence-electron chi connectivity index (χ3n) is 12.4. The van der Waals surface area contributed by atoms with Crippen LogP contribution in [0, 0.1) is 0 Å². The van der Waals surface area contributed by atoms with Gasteiger partial charge in [0.05, 0.1) is 38.5 Å². The lowest BCUT2D eigenvalue weighted by Crippen LogP contribution is -2.43. The number of aliphatic imine (C=N–C) groups is 4. The number of hydrogen-bond donors (Lipinski definition) is 2. The number of nitrogens with one attached hydrogen (secondary N) is 2. The molecule has 0 aliphatic carbocycles. The van der Waals surface area contributed by atoms with E-state index in [-0.39, 0.29) is 123 Å². The lowest BCUT2D eigenvalue weighted by atomic mass is 10.2. The maximum atomic E-state index is 13.0. The largest absolute Gasteiger partial charge is 0.461 e. The average molecular weight is 1210 g/mol. The fraction of sp³-hybridized carbons (Fsp3) is 0.729. The Morgan fingerprint density at radius 3 is 0.812 bits per heavy atom. The third-order valence-corrected chi connectivity index (χ3v) is 12.4. The average Bonchev–Trinajstić information content (AvgIpc) is 3.48. The van der Waals surface area contributed by atoms with Gasteiger partial charge in [-0.2, -0.15) is 10.2 Å². The minimum absolute atomic E-state index is 0. The molecule has 6 unspecified atom stereocenters. The van der Waals surface area contributed by atoms with Crippen LogP contribution in [-0.4, -0.2) is 207 Å². The Morgan fingerprint density at radius 1 is 0.353 bits per heavy atom. The van der Waals surface area contributed by atoms with Crippen LogP contribution in [-0.2, 0) is 76.4 Å². The van der Waals surface area contributed by atoms with Crippen LogP contribution in [0.2, 0.25) is 0 Å². The van der Waals surface area contributed by atoms with Crippen molar-refractivity contribution in [2.75, 3.05) is 67.0 Å². The van der Waals surface area contributed by atoms with Gasteiger partial charge in [0.1, 0.15) is 43.2 Å². The monoisotopic (exact) mass is 1200 g/mol. The molecule has 2 amide bonds. The molecule has 0 fully saturated rings. The van der Waals surface area contributed by atoms with Gasteiger partial charge >= 0.3 is 47.6 Å². The highest BCUT2D eigenvalue weighted by molar-refractivity contribution is 6.37. The Kier molecular flexibility index (Phi) is 42.8. The van der Waals surface area contributed by atoms with Crippen LogP contribution in [0.4, 0.5) is 0 Å². The molecule has 85 heavy (non-hydrogen) atoms. The lowest BCUT2D eigenvalue weighted by Gasteiger charge is -2.30. The Morgan fingerprint density at radius 2 is 0.576 bits per heavy atom. The van der Waals surface area contributed by atoms with Gasteiger partial charge in [-0.15, -0.1) is 0 Å². The lowest BCUT2D eigenvalue weighted by molar-refractivity contribution is -0.154. The van der Waals surface area contributed by atoms with E-state index in [2.05, 4.69) is 41.0 Å². The molecule has 482 valence electrons. The van der Waals surface area contributed by atoms with Gasteiger partial charge in [-0.25, -0.2) is 10.9 Å². The van der Waals surface area contributed by atoms with Crippen molar-refractivity contribution in [3.05, 3.63) is 0 Å². The van der Waals surface area contributed by atoms with Crippen LogP contribution in [0.3, 0.4) is 0 Å². The van der Waals surface area contributed by atoms with Gasteiger partial charge in [0.25, 0.3) is 0 Å². The molecule has 26 heteroatoms. The van der Waals surface area contributed by atoms with E-state index in [1.165, 1.54) is 0 Å². The molecule has 0 aliphatic rings. The summed E-state index contributed by atoms with van der Waals surface area (Å²) in [4.78, 5) is 145. The van der Waals surface area contributed by atoms with Crippen LogP contribution in [0.5, 0.6) is 0 Å². The Labute approximate surface area is 503 Å². The quantitative estimate of drug-likeness (QED) is 0.0241. The summed E-state index contributed by atoms with van der Waals surface area (Å²) in [5.74, 6) is -6.21. The van der Waals surface area contributed by atoms with Gasteiger partial charge in [-0.05, 0) is 122 Å². The summed E-state index contributed by atoms with van der Waals surface area (Å²) in [6.45, 7) is 22.9. The van der Waals surface area contributed by atoms with E-state index in [4.69, 9.17) is 28.4 Å². The maximum absolute atomic E-state index is 13.0. The smallest absolute Gasteiger partial charge is 0.309 e. The van der Waals surface area contributed by atoms with E-state index in [0.29, 0.717) is 36.4 Å². The molecule has 0 spiro atoms. The highest BCUT2D eigenvalue weighted by Crippen LogP contribution is 2.12. The molecular formula is C59H100N10O16. The van der Waals surface area contributed by atoms with Gasteiger partial charge < -0.3 is 28.4 Å². The standard InChI is InChI=1S/C58H96N10O16.CH4/c1-17-49(69)57(77)65-63-41(6)22-28-55(75)83-47(12)35-68(33-45(10)81-53(73)26-20-39(4)61-16)36-48(13)84-56(76)29-23-42(7)64-66-58(78)50(70)30-62-40(5)21-27-54(74)82-46(11)34-67(31-43(8)79-51(71)24-18-37(2)59-14)32-44(9)80-52(72)25-19-38(3)60-15;/h43-48H,17-36H2,1-16H3,(H,65,77)(H,66,78);1H4/b59-37?,60-38?,61-39?,62-40?,63-41+,64-42+;. The molecule has 0 aromatic rings. The molecule has 2 N–H and O–H groups in total. The van der Waals surface area contributed by atoms with Gasteiger partial charge in [0.15, 0.2) is 0 Å². The van der Waals surface area contributed by atoms with Crippen molar-refractivity contribution >= 4 is 93.5 Å². The summed E-state index contributed by atoms with van der Waals surface area (Å²) in [7, 11) is 4.95. The number of hydrogen-bond acceptors (Lipinski definition) is 24. The van der Waals surface area contributed by atoms with Crippen LogP contribution in [0.1, 0.15) is 181 Å². The van der Waals surface area contributed by atoms with Crippen molar-refractivity contribution in [2.24, 2.45) is 30.2 Å². The summed E-state index contributed by atoms with van der Waals surface area (Å²) in [6, 6.07) is 0. The molecule has 0 aromatic carbocycles. The van der Waals surface area contributed by atoms with Crippen LogP contribution in [0.25, 0.3) is 0 Å². The number of ether oxygens (including phenoxy) is 6. The molecule has 0 radical (unpaired) electrons. The van der Waals surface area contributed by atoms with E-state index in [0.717, 1.165) is 17.1 Å². The molecule has 0 aromatic heterocycles. The van der Waals surface area contributed by atoms with Gasteiger partial charge in [0, 0.05) is 101 Å². The number of esters is 6. The minimum atomic E-state index is -1.03. The zero-order valence-corrected chi connectivity index (χ0v) is 52.7. The number of Topliss-reactive ketones (excluding diaryl/α,β-unsaturated/α-hetero) is 2. The molecule has 0 saturated heterocycles. The van der Waals surface area contributed by atoms with Gasteiger partial charge in [-0.1, -0.05) is 14.4 Å². The second kappa shape index (κ2) is 45.4. The van der Waals surface area contributed by atoms with Crippen molar-refractivity contribution in [3.63, 3.8) is 0 Å². The Hall–Kier alpha value is -6.96. The van der Waals surface area contributed by atoms with E-state index in [9.17, 15) is 47.9 Å². The number of nitrogens with zero attached hydrogens (tertiary/aromatic N) is 8. The van der Waals surface area contributed by atoms with Crippen molar-refractivity contribution in [1.82, 2.24) is 20.7 Å². The Bertz CT molecular complexity index is 2320. The predicted molar refractivity (Wildman–Crippen MR) is 326 cm³/mol. The minimum Gasteiger partial charge on any atom is -0.461 e. The van der Waals surface area contributed by atoms with E-state index in [1.807, 2.05) is 30.6 Å². The summed E-state index contributed by atoms with van der Waals surface area (Å²) < 4.78 is 33.9. The number of ketones is 2. The maximum Gasteiger partial charge on any atom is 0.309 e. The van der Waals surface area contributed by atoms with Crippen molar-refractivity contribution in [2.45, 2.75) is 218 Å². The van der Waals surface area contributed by atoms with E-state index in [1.54, 1.807) is 90.4 Å². The van der Waals surface area contributed by atoms with E-state index < -0.39 is 90.4 Å². The SMILES string of the molecule is C.CCC(=O)C(=O)N/N=C(\C)CCC(=O)OC(C)CN(CC(C)OC(=O)CCC(C)=NC)CC(C)OC(=O)CC/C(C)=N/NC(=O)C(=O)CN=C(C)CCC(=O)OC(C)CN(CC(C)OC(=O)CCC(C)=NC)CC(C)OC(=O)CCC(C)=NC. The normalized spacial score (nSPS) is 14.6. The van der Waals surface area contributed by atoms with Crippen molar-refractivity contribution < 1.29 is 76.4 Å². The molecular weight excluding hydrogens is 1100 g/mol. The van der Waals surface area contributed by atoms with Crippen LogP contribution >= 0.6 is 0 Å². The third kappa shape index (κ3) is 41.7. The molecule has 0 saturated carbocycles. The number of carbonyl (C=O) groups excluding carboxylic acids is 10. The summed E-state index contributed by atoms with van der Waals surface area (Å²) in [6.07, 6.45) is -1.54. The first-order valence-corrected chi connectivity index (χ1v) is 28.6. The van der Waals surface area contributed by atoms with Gasteiger partial charge in [0.2, 0.25) is 11.6 Å². The van der Waals surface area contributed by atoms with Gasteiger partial charge in [-0.3, -0.25) is 77.7 Å². The summed E-state index contributed by atoms with van der Waals surface area (Å²) >= 11 is 0. The topological polar surface area (TPSA) is 331 Å². The van der Waals surface area contributed by atoms with Crippen molar-refractivity contribution in [1.29, 1.82) is 0 Å². The zero-order valence-electron chi connectivity index (χ0n) is 52.7. The predicted octanol–water partition coefficient (Wildman–Crippen LogP) is 5.76. The summed E-state index contributed by atoms with van der Waals surface area (Å²) in [5, 5.41) is 7.80. The number of rotatable bonds is 43. The molecule has 0 bridgehead atoms. The first-order chi connectivity index (χ1) is 39.5. The van der Waals surface area contributed by atoms with Crippen LogP contribution < -0.4 is 10.9 Å². The Balaban J connectivity index is 0. The molecule has 0 rings (SSSR count). The molecule has 0 aliphatic heterocycles. The number of carbonyl (C=O) groups is 10.